The molecule has 156 valence electrons. The van der Waals surface area contributed by atoms with Gasteiger partial charge in [0.25, 0.3) is 0 Å². The Bertz CT molecular complexity index is 816. The zero-order valence-electron chi connectivity index (χ0n) is 17.5. The van der Waals surface area contributed by atoms with Crippen molar-refractivity contribution in [3.63, 3.8) is 0 Å². The maximum atomic E-state index is 6.15. The van der Waals surface area contributed by atoms with E-state index in [4.69, 9.17) is 18.9 Å². The molecule has 1 atom stereocenters. The van der Waals surface area contributed by atoms with E-state index in [1.54, 1.807) is 21.3 Å². The molecule has 2 aliphatic rings. The predicted molar refractivity (Wildman–Crippen MR) is 114 cm³/mol. The lowest BCUT2D eigenvalue weighted by molar-refractivity contribution is 0.0142. The second kappa shape index (κ2) is 8.93. The topological polar surface area (TPSA) is 43.4 Å². The first-order valence-electron chi connectivity index (χ1n) is 10.2. The van der Waals surface area contributed by atoms with Gasteiger partial charge in [0.15, 0.2) is 11.5 Å². The second-order valence-corrected chi connectivity index (χ2v) is 7.46. The summed E-state index contributed by atoms with van der Waals surface area (Å²) in [6, 6.07) is 12.4. The minimum Gasteiger partial charge on any atom is -0.497 e. The standard InChI is InChI=1S/C23H30N2O4/c1-26-18-6-4-17(5-7-18)25-13-11-24(12-14-25)16-22-19-8-9-21(27-2)23(28-3)20(19)10-15-29-22/h4-9,22H,10-16H2,1-3H3. The van der Waals surface area contributed by atoms with E-state index in [9.17, 15) is 0 Å². The van der Waals surface area contributed by atoms with Crippen molar-refractivity contribution in [3.8, 4) is 17.2 Å². The van der Waals surface area contributed by atoms with Crippen LogP contribution >= 0.6 is 0 Å². The van der Waals surface area contributed by atoms with Crippen LogP contribution in [0.5, 0.6) is 17.2 Å². The van der Waals surface area contributed by atoms with Gasteiger partial charge in [0.2, 0.25) is 0 Å². The van der Waals surface area contributed by atoms with Gasteiger partial charge in [-0.1, -0.05) is 6.07 Å². The SMILES string of the molecule is COc1ccc(N2CCN(CC3OCCc4c3ccc(OC)c4OC)CC2)cc1. The summed E-state index contributed by atoms with van der Waals surface area (Å²) in [6.07, 6.45) is 0.934. The summed E-state index contributed by atoms with van der Waals surface area (Å²) in [5.41, 5.74) is 3.70. The van der Waals surface area contributed by atoms with E-state index in [2.05, 4.69) is 28.0 Å². The lowest BCUT2D eigenvalue weighted by atomic mass is 9.95. The summed E-state index contributed by atoms with van der Waals surface area (Å²) < 4.78 is 22.5. The van der Waals surface area contributed by atoms with Gasteiger partial charge in [-0.15, -0.1) is 0 Å². The number of methoxy groups -OCH3 is 3. The molecule has 2 heterocycles. The van der Waals surface area contributed by atoms with Crippen molar-refractivity contribution < 1.29 is 18.9 Å². The Kier molecular flexibility index (Phi) is 6.11. The van der Waals surface area contributed by atoms with Gasteiger partial charge < -0.3 is 23.8 Å². The van der Waals surface area contributed by atoms with Crippen LogP contribution in [0.4, 0.5) is 5.69 Å². The second-order valence-electron chi connectivity index (χ2n) is 7.46. The average Bonchev–Trinajstić information content (AvgIpc) is 2.79. The molecule has 0 bridgehead atoms. The summed E-state index contributed by atoms with van der Waals surface area (Å²) in [5.74, 6) is 2.54. The highest BCUT2D eigenvalue weighted by Crippen LogP contribution is 2.39. The molecule has 1 fully saturated rings. The Labute approximate surface area is 172 Å². The number of benzene rings is 2. The van der Waals surface area contributed by atoms with Crippen molar-refractivity contribution in [3.05, 3.63) is 47.5 Å². The number of nitrogens with zero attached hydrogens (tertiary/aromatic N) is 2. The van der Waals surface area contributed by atoms with Crippen LogP contribution in [0.15, 0.2) is 36.4 Å². The van der Waals surface area contributed by atoms with Crippen molar-refractivity contribution >= 4 is 5.69 Å². The third kappa shape index (κ3) is 4.14. The van der Waals surface area contributed by atoms with E-state index < -0.39 is 0 Å². The van der Waals surface area contributed by atoms with E-state index >= 15 is 0 Å². The maximum absolute atomic E-state index is 6.15. The van der Waals surface area contributed by atoms with Gasteiger partial charge in [0.1, 0.15) is 5.75 Å². The molecule has 6 nitrogen and oxygen atoms in total. The fraction of sp³-hybridized carbons (Fsp3) is 0.478. The fourth-order valence-electron chi connectivity index (χ4n) is 4.33. The number of fused-ring (bicyclic) bond motifs is 1. The Morgan fingerprint density at radius 2 is 1.66 bits per heavy atom. The summed E-state index contributed by atoms with van der Waals surface area (Å²) in [6.45, 7) is 5.69. The third-order valence-corrected chi connectivity index (χ3v) is 5.94. The summed E-state index contributed by atoms with van der Waals surface area (Å²) in [4.78, 5) is 4.93. The molecular weight excluding hydrogens is 368 g/mol. The number of rotatable bonds is 6. The number of anilines is 1. The van der Waals surface area contributed by atoms with E-state index in [1.165, 1.54) is 16.8 Å². The number of hydrogen-bond donors (Lipinski definition) is 0. The number of ether oxygens (including phenoxy) is 4. The molecule has 1 unspecified atom stereocenters. The lowest BCUT2D eigenvalue weighted by Crippen LogP contribution is -2.48. The van der Waals surface area contributed by atoms with Crippen LogP contribution in [0.2, 0.25) is 0 Å². The summed E-state index contributed by atoms with van der Waals surface area (Å²) in [5, 5.41) is 0. The fourth-order valence-corrected chi connectivity index (χ4v) is 4.33. The van der Waals surface area contributed by atoms with E-state index in [-0.39, 0.29) is 6.10 Å². The maximum Gasteiger partial charge on any atom is 0.164 e. The first-order chi connectivity index (χ1) is 14.2. The molecule has 0 aromatic heterocycles. The van der Waals surface area contributed by atoms with Crippen molar-refractivity contribution in [2.24, 2.45) is 0 Å². The predicted octanol–water partition coefficient (Wildman–Crippen LogP) is 3.15. The molecule has 29 heavy (non-hydrogen) atoms. The lowest BCUT2D eigenvalue weighted by Gasteiger charge is -2.38. The van der Waals surface area contributed by atoms with Crippen LogP contribution in [0.1, 0.15) is 17.2 Å². The first kappa shape index (κ1) is 19.9. The van der Waals surface area contributed by atoms with E-state index in [0.29, 0.717) is 6.61 Å². The van der Waals surface area contributed by atoms with Crippen LogP contribution in [0, 0.1) is 0 Å². The van der Waals surface area contributed by atoms with Crippen LogP contribution in [-0.2, 0) is 11.2 Å². The van der Waals surface area contributed by atoms with Crippen molar-refractivity contribution in [2.75, 3.05) is 65.6 Å². The quantitative estimate of drug-likeness (QED) is 0.745. The van der Waals surface area contributed by atoms with Gasteiger partial charge in [-0.2, -0.15) is 0 Å². The van der Waals surface area contributed by atoms with Crippen LogP contribution in [-0.4, -0.2) is 65.6 Å². The average molecular weight is 399 g/mol. The minimum absolute atomic E-state index is 0.0751. The molecule has 2 aliphatic heterocycles. The minimum atomic E-state index is 0.0751. The van der Waals surface area contributed by atoms with Gasteiger partial charge in [0, 0.05) is 44.0 Å². The van der Waals surface area contributed by atoms with Crippen LogP contribution < -0.4 is 19.1 Å². The highest BCUT2D eigenvalue weighted by molar-refractivity contribution is 5.52. The molecule has 2 aromatic rings. The molecule has 0 amide bonds. The first-order valence-corrected chi connectivity index (χ1v) is 10.2. The van der Waals surface area contributed by atoms with Gasteiger partial charge >= 0.3 is 0 Å². The highest BCUT2D eigenvalue weighted by Gasteiger charge is 2.28. The largest absolute Gasteiger partial charge is 0.497 e. The Balaban J connectivity index is 1.40. The molecule has 0 aliphatic carbocycles. The summed E-state index contributed by atoms with van der Waals surface area (Å²) in [7, 11) is 5.09. The molecule has 0 spiro atoms. The van der Waals surface area contributed by atoms with E-state index in [0.717, 1.165) is 56.4 Å². The molecule has 0 radical (unpaired) electrons. The molecule has 0 N–H and O–H groups in total. The molecule has 6 heteroatoms. The van der Waals surface area contributed by atoms with Crippen LogP contribution in [0.3, 0.4) is 0 Å². The highest BCUT2D eigenvalue weighted by atomic mass is 16.5. The third-order valence-electron chi connectivity index (χ3n) is 5.94. The molecule has 1 saturated heterocycles. The van der Waals surface area contributed by atoms with Crippen molar-refractivity contribution in [1.82, 2.24) is 4.90 Å². The van der Waals surface area contributed by atoms with Gasteiger partial charge in [-0.25, -0.2) is 0 Å². The van der Waals surface area contributed by atoms with Gasteiger partial charge in [0.05, 0.1) is 34.0 Å². The monoisotopic (exact) mass is 398 g/mol. The zero-order valence-corrected chi connectivity index (χ0v) is 17.5. The number of hydrogen-bond acceptors (Lipinski definition) is 6. The number of piperazine rings is 1. The molecule has 4 rings (SSSR count). The van der Waals surface area contributed by atoms with Gasteiger partial charge in [-0.05, 0) is 42.3 Å². The van der Waals surface area contributed by atoms with Crippen LogP contribution in [0.25, 0.3) is 0 Å². The Morgan fingerprint density at radius 1 is 0.897 bits per heavy atom. The molecule has 2 aromatic carbocycles. The molecular formula is C23H30N2O4. The Morgan fingerprint density at radius 3 is 2.31 bits per heavy atom. The summed E-state index contributed by atoms with van der Waals surface area (Å²) >= 11 is 0. The van der Waals surface area contributed by atoms with Crippen molar-refractivity contribution in [1.29, 1.82) is 0 Å². The molecule has 0 saturated carbocycles. The smallest absolute Gasteiger partial charge is 0.164 e. The van der Waals surface area contributed by atoms with Crippen molar-refractivity contribution in [2.45, 2.75) is 12.5 Å². The normalized spacial score (nSPS) is 19.6. The van der Waals surface area contributed by atoms with Gasteiger partial charge in [-0.3, -0.25) is 4.90 Å². The Hall–Kier alpha value is -2.44. The zero-order chi connectivity index (χ0) is 20.2. The van der Waals surface area contributed by atoms with E-state index in [1.807, 2.05) is 18.2 Å².